The molecule has 1 aliphatic rings. The zero-order valence-corrected chi connectivity index (χ0v) is 12.3. The molecule has 2 aromatic rings. The molecule has 0 spiro atoms. The molecule has 0 bridgehead atoms. The van der Waals surface area contributed by atoms with Crippen LogP contribution in [0.2, 0.25) is 0 Å². The normalized spacial score (nSPS) is 14.2. The summed E-state index contributed by atoms with van der Waals surface area (Å²) in [6.45, 7) is 3.09. The van der Waals surface area contributed by atoms with E-state index in [0.29, 0.717) is 25.3 Å². The van der Waals surface area contributed by atoms with Gasteiger partial charge >= 0.3 is 0 Å². The summed E-state index contributed by atoms with van der Waals surface area (Å²) < 4.78 is 11.1. The summed E-state index contributed by atoms with van der Waals surface area (Å²) in [5.41, 5.74) is 1.40. The van der Waals surface area contributed by atoms with Crippen molar-refractivity contribution < 1.29 is 14.3 Å². The van der Waals surface area contributed by atoms with Crippen LogP contribution in [0.1, 0.15) is 23.0 Å². The van der Waals surface area contributed by atoms with Crippen molar-refractivity contribution in [1.82, 2.24) is 15.3 Å². The first kappa shape index (κ1) is 14.3. The zero-order valence-electron chi connectivity index (χ0n) is 12.3. The molecule has 2 heterocycles. The van der Waals surface area contributed by atoms with Crippen molar-refractivity contribution in [3.63, 3.8) is 0 Å². The fraction of sp³-hybridized carbons (Fsp3) is 0.312. The number of carbonyl (C=O) groups excluding carboxylic acids is 1. The second kappa shape index (κ2) is 6.43. The second-order valence-corrected chi connectivity index (χ2v) is 5.15. The minimum absolute atomic E-state index is 0.0305. The van der Waals surface area contributed by atoms with E-state index in [1.54, 1.807) is 0 Å². The van der Waals surface area contributed by atoms with Crippen LogP contribution in [0.15, 0.2) is 36.8 Å². The first-order chi connectivity index (χ1) is 10.7. The summed E-state index contributed by atoms with van der Waals surface area (Å²) in [4.78, 5) is 19.9. The number of nitrogens with one attached hydrogen (secondary N) is 1. The Bertz CT molecular complexity index is 661. The van der Waals surface area contributed by atoms with E-state index < -0.39 is 0 Å². The first-order valence-corrected chi connectivity index (χ1v) is 7.18. The topological polar surface area (TPSA) is 73.3 Å². The minimum atomic E-state index is -0.224. The Labute approximate surface area is 128 Å². The van der Waals surface area contributed by atoms with Gasteiger partial charge in [-0.05, 0) is 31.0 Å². The van der Waals surface area contributed by atoms with Crippen LogP contribution in [0.25, 0.3) is 0 Å². The second-order valence-electron chi connectivity index (χ2n) is 5.15. The maximum atomic E-state index is 12.0. The van der Waals surface area contributed by atoms with E-state index in [2.05, 4.69) is 15.3 Å². The Kier molecular flexibility index (Phi) is 4.18. The fourth-order valence-corrected chi connectivity index (χ4v) is 2.33. The van der Waals surface area contributed by atoms with E-state index in [1.165, 1.54) is 18.6 Å². The molecule has 6 heteroatoms. The molecule has 0 radical (unpaired) electrons. The van der Waals surface area contributed by atoms with Crippen LogP contribution in [0.3, 0.4) is 0 Å². The van der Waals surface area contributed by atoms with Gasteiger partial charge in [0.2, 0.25) is 0 Å². The Morgan fingerprint density at radius 2 is 2.09 bits per heavy atom. The predicted octanol–water partition coefficient (Wildman–Crippen LogP) is 1.61. The molecule has 1 unspecified atom stereocenters. The largest absolute Gasteiger partial charge is 0.486 e. The van der Waals surface area contributed by atoms with Crippen LogP contribution in [-0.4, -0.2) is 35.1 Å². The SMILES string of the molecule is CC(Cc1ccc2c(c1)OCCO2)NC(=O)c1cnccn1. The van der Waals surface area contributed by atoms with Crippen LogP contribution in [0.4, 0.5) is 0 Å². The lowest BCUT2D eigenvalue weighted by Crippen LogP contribution is -2.34. The summed E-state index contributed by atoms with van der Waals surface area (Å²) in [6, 6.07) is 5.82. The van der Waals surface area contributed by atoms with E-state index in [0.717, 1.165) is 17.1 Å². The smallest absolute Gasteiger partial charge is 0.271 e. The summed E-state index contributed by atoms with van der Waals surface area (Å²) in [5.74, 6) is 1.31. The van der Waals surface area contributed by atoms with Crippen LogP contribution < -0.4 is 14.8 Å². The summed E-state index contributed by atoms with van der Waals surface area (Å²) in [7, 11) is 0. The molecule has 0 saturated carbocycles. The van der Waals surface area contributed by atoms with E-state index in [9.17, 15) is 4.79 Å². The van der Waals surface area contributed by atoms with Gasteiger partial charge in [-0.2, -0.15) is 0 Å². The Morgan fingerprint density at radius 1 is 1.27 bits per heavy atom. The monoisotopic (exact) mass is 299 g/mol. The third-order valence-corrected chi connectivity index (χ3v) is 3.32. The van der Waals surface area contributed by atoms with Gasteiger partial charge in [0.1, 0.15) is 18.9 Å². The van der Waals surface area contributed by atoms with Crippen molar-refractivity contribution >= 4 is 5.91 Å². The fourth-order valence-electron chi connectivity index (χ4n) is 2.33. The molecule has 3 rings (SSSR count). The number of benzene rings is 1. The average molecular weight is 299 g/mol. The van der Waals surface area contributed by atoms with Gasteiger partial charge in [0.15, 0.2) is 11.5 Å². The van der Waals surface area contributed by atoms with Crippen LogP contribution >= 0.6 is 0 Å². The molecule has 0 aliphatic carbocycles. The summed E-state index contributed by atoms with van der Waals surface area (Å²) in [5, 5.41) is 2.91. The number of nitrogens with zero attached hydrogens (tertiary/aromatic N) is 2. The van der Waals surface area contributed by atoms with Gasteiger partial charge in [-0.15, -0.1) is 0 Å². The molecular formula is C16H17N3O3. The van der Waals surface area contributed by atoms with Crippen LogP contribution in [0, 0.1) is 0 Å². The molecule has 0 saturated heterocycles. The molecule has 22 heavy (non-hydrogen) atoms. The standard InChI is InChI=1S/C16H17N3O3/c1-11(19-16(20)13-10-17-4-5-18-13)8-12-2-3-14-15(9-12)22-7-6-21-14/h2-5,9-11H,6-8H2,1H3,(H,19,20). The minimum Gasteiger partial charge on any atom is -0.486 e. The molecule has 1 aromatic heterocycles. The van der Waals surface area contributed by atoms with Gasteiger partial charge < -0.3 is 14.8 Å². The molecule has 1 amide bonds. The number of carbonyl (C=O) groups is 1. The molecule has 114 valence electrons. The van der Waals surface area contributed by atoms with Gasteiger partial charge in [-0.3, -0.25) is 9.78 Å². The van der Waals surface area contributed by atoms with Crippen LogP contribution in [0.5, 0.6) is 11.5 Å². The van der Waals surface area contributed by atoms with Crippen molar-refractivity contribution in [2.45, 2.75) is 19.4 Å². The third kappa shape index (κ3) is 3.33. The molecular weight excluding hydrogens is 282 g/mol. The van der Waals surface area contributed by atoms with Gasteiger partial charge in [-0.25, -0.2) is 4.98 Å². The number of hydrogen-bond donors (Lipinski definition) is 1. The number of aromatic nitrogens is 2. The summed E-state index contributed by atoms with van der Waals surface area (Å²) >= 11 is 0. The van der Waals surface area contributed by atoms with Gasteiger partial charge in [0.25, 0.3) is 5.91 Å². The Balaban J connectivity index is 1.62. The molecule has 1 N–H and O–H groups in total. The Morgan fingerprint density at radius 3 is 2.86 bits per heavy atom. The van der Waals surface area contributed by atoms with Gasteiger partial charge in [-0.1, -0.05) is 6.07 Å². The van der Waals surface area contributed by atoms with Crippen molar-refractivity contribution in [1.29, 1.82) is 0 Å². The highest BCUT2D eigenvalue weighted by Crippen LogP contribution is 2.31. The highest BCUT2D eigenvalue weighted by Gasteiger charge is 2.15. The predicted molar refractivity (Wildman–Crippen MR) is 80.1 cm³/mol. The Hall–Kier alpha value is -2.63. The molecule has 6 nitrogen and oxygen atoms in total. The molecule has 0 fully saturated rings. The van der Waals surface area contributed by atoms with Crippen molar-refractivity contribution in [2.75, 3.05) is 13.2 Å². The third-order valence-electron chi connectivity index (χ3n) is 3.32. The first-order valence-electron chi connectivity index (χ1n) is 7.18. The quantitative estimate of drug-likeness (QED) is 0.928. The lowest BCUT2D eigenvalue weighted by molar-refractivity contribution is 0.0934. The number of ether oxygens (including phenoxy) is 2. The van der Waals surface area contributed by atoms with E-state index >= 15 is 0 Å². The molecule has 1 aromatic carbocycles. The lowest BCUT2D eigenvalue weighted by Gasteiger charge is -2.20. The maximum Gasteiger partial charge on any atom is 0.271 e. The van der Waals surface area contributed by atoms with E-state index in [4.69, 9.17) is 9.47 Å². The van der Waals surface area contributed by atoms with E-state index in [1.807, 2.05) is 25.1 Å². The van der Waals surface area contributed by atoms with Gasteiger partial charge in [0.05, 0.1) is 6.20 Å². The highest BCUT2D eigenvalue weighted by atomic mass is 16.6. The van der Waals surface area contributed by atoms with Crippen LogP contribution in [-0.2, 0) is 6.42 Å². The average Bonchev–Trinajstić information content (AvgIpc) is 2.55. The van der Waals surface area contributed by atoms with E-state index in [-0.39, 0.29) is 11.9 Å². The van der Waals surface area contributed by atoms with Crippen molar-refractivity contribution in [3.8, 4) is 11.5 Å². The number of fused-ring (bicyclic) bond motifs is 1. The molecule has 1 atom stereocenters. The number of amides is 1. The number of rotatable bonds is 4. The zero-order chi connectivity index (χ0) is 15.4. The summed E-state index contributed by atoms with van der Waals surface area (Å²) in [6.07, 6.45) is 5.19. The lowest BCUT2D eigenvalue weighted by atomic mass is 10.1. The highest BCUT2D eigenvalue weighted by molar-refractivity contribution is 5.92. The number of hydrogen-bond acceptors (Lipinski definition) is 5. The van der Waals surface area contributed by atoms with Crippen molar-refractivity contribution in [3.05, 3.63) is 48.0 Å². The molecule has 1 aliphatic heterocycles. The maximum absolute atomic E-state index is 12.0. The van der Waals surface area contributed by atoms with Crippen molar-refractivity contribution in [2.24, 2.45) is 0 Å². The van der Waals surface area contributed by atoms with Gasteiger partial charge in [0, 0.05) is 18.4 Å².